The van der Waals surface area contributed by atoms with Crippen molar-refractivity contribution in [3.8, 4) is 17.2 Å². The smallest absolute Gasteiger partial charge is 0.204 e. The van der Waals surface area contributed by atoms with E-state index in [1.807, 2.05) is 18.2 Å². The van der Waals surface area contributed by atoms with Gasteiger partial charge < -0.3 is 19.9 Å². The van der Waals surface area contributed by atoms with Crippen LogP contribution in [0.2, 0.25) is 0 Å². The third-order valence-electron chi connectivity index (χ3n) is 6.01. The molecule has 0 amide bonds. The van der Waals surface area contributed by atoms with Crippen LogP contribution in [-0.2, 0) is 6.42 Å². The fraction of sp³-hybridized carbons (Fsp3) is 0.478. The van der Waals surface area contributed by atoms with Crippen LogP contribution in [0.1, 0.15) is 36.5 Å². The van der Waals surface area contributed by atoms with E-state index in [2.05, 4.69) is 29.2 Å². The second kappa shape index (κ2) is 8.41. The molecule has 0 spiro atoms. The van der Waals surface area contributed by atoms with Crippen molar-refractivity contribution in [3.05, 3.63) is 53.6 Å². The van der Waals surface area contributed by atoms with Gasteiger partial charge in [-0.15, -0.1) is 0 Å². The largest absolute Gasteiger partial charge is 0.493 e. The maximum atomic E-state index is 6.69. The number of likely N-dealkylation sites (tertiary alicyclic amines) is 1. The number of hydrogen-bond donors (Lipinski definition) is 1. The van der Waals surface area contributed by atoms with Crippen LogP contribution in [0.15, 0.2) is 42.5 Å². The Morgan fingerprint density at radius 2 is 1.71 bits per heavy atom. The average Bonchev–Trinajstić information content (AvgIpc) is 2.74. The molecule has 0 saturated carbocycles. The molecular formula is C23H30N2O3. The number of nitrogens with zero attached hydrogens (tertiary/aromatic N) is 1. The van der Waals surface area contributed by atoms with Crippen LogP contribution in [-0.4, -0.2) is 44.3 Å². The Bertz CT molecular complexity index is 788. The minimum absolute atomic E-state index is 0.0829. The summed E-state index contributed by atoms with van der Waals surface area (Å²) in [5, 5.41) is 0. The second-order valence-electron chi connectivity index (χ2n) is 7.73. The van der Waals surface area contributed by atoms with Gasteiger partial charge in [-0.05, 0) is 55.5 Å². The predicted octanol–water partition coefficient (Wildman–Crippen LogP) is 3.56. The van der Waals surface area contributed by atoms with Crippen LogP contribution in [0.4, 0.5) is 0 Å². The summed E-state index contributed by atoms with van der Waals surface area (Å²) in [5.74, 6) is 2.05. The Morgan fingerprint density at radius 1 is 0.964 bits per heavy atom. The third-order valence-corrected chi connectivity index (χ3v) is 6.01. The van der Waals surface area contributed by atoms with Crippen molar-refractivity contribution in [1.29, 1.82) is 0 Å². The summed E-state index contributed by atoms with van der Waals surface area (Å²) in [6.45, 7) is 2.00. The number of methoxy groups -OCH3 is 2. The molecule has 2 unspecified atom stereocenters. The van der Waals surface area contributed by atoms with E-state index in [1.54, 1.807) is 14.2 Å². The molecule has 2 aliphatic rings. The summed E-state index contributed by atoms with van der Waals surface area (Å²) >= 11 is 0. The lowest BCUT2D eigenvalue weighted by molar-refractivity contribution is 0.0339. The number of nitrogens with two attached hydrogens (primary N) is 1. The molecule has 150 valence electrons. The highest BCUT2D eigenvalue weighted by Crippen LogP contribution is 2.44. The number of para-hydroxylation sites is 1. The molecule has 0 radical (unpaired) electrons. The van der Waals surface area contributed by atoms with Crippen LogP contribution in [0.3, 0.4) is 0 Å². The Hall–Kier alpha value is -2.24. The zero-order valence-electron chi connectivity index (χ0n) is 16.8. The van der Waals surface area contributed by atoms with Crippen molar-refractivity contribution in [3.63, 3.8) is 0 Å². The quantitative estimate of drug-likeness (QED) is 0.857. The van der Waals surface area contributed by atoms with Gasteiger partial charge >= 0.3 is 0 Å². The minimum atomic E-state index is -0.0829. The van der Waals surface area contributed by atoms with Gasteiger partial charge in [0.1, 0.15) is 6.10 Å². The van der Waals surface area contributed by atoms with E-state index in [0.717, 1.165) is 38.8 Å². The standard InChI is InChI=1S/C23H30N2O3/c1-26-20-10-5-11-21(27-2)23(20)28-22-18-9-4-3-7-16(18)12-13-19(22)25-14-6-8-17(24)15-25/h3-5,7,9-11,17,19,22H,6,8,12-15,24H2,1-2H3/t17-,19?,22?/m1/s1. The molecule has 0 bridgehead atoms. The molecule has 5 nitrogen and oxygen atoms in total. The summed E-state index contributed by atoms with van der Waals surface area (Å²) in [7, 11) is 3.33. The number of fused-ring (bicyclic) bond motifs is 1. The van der Waals surface area contributed by atoms with Gasteiger partial charge in [0, 0.05) is 12.6 Å². The number of ether oxygens (including phenoxy) is 3. The molecule has 3 atom stereocenters. The van der Waals surface area contributed by atoms with Crippen molar-refractivity contribution in [1.82, 2.24) is 4.90 Å². The first-order valence-corrected chi connectivity index (χ1v) is 10.2. The topological polar surface area (TPSA) is 57.0 Å². The first kappa shape index (κ1) is 19.1. The van der Waals surface area contributed by atoms with Crippen LogP contribution in [0.5, 0.6) is 17.2 Å². The number of piperidine rings is 1. The van der Waals surface area contributed by atoms with Gasteiger partial charge in [-0.1, -0.05) is 30.3 Å². The van der Waals surface area contributed by atoms with Gasteiger partial charge in [0.15, 0.2) is 11.5 Å². The van der Waals surface area contributed by atoms with Gasteiger partial charge in [0.25, 0.3) is 0 Å². The van der Waals surface area contributed by atoms with Gasteiger partial charge in [0.05, 0.1) is 20.3 Å². The van der Waals surface area contributed by atoms with E-state index in [1.165, 1.54) is 11.1 Å². The Kier molecular flexibility index (Phi) is 5.74. The first-order chi connectivity index (χ1) is 13.7. The number of aryl methyl sites for hydroxylation is 1. The molecule has 1 heterocycles. The SMILES string of the molecule is COc1cccc(OC)c1OC1c2ccccc2CCC1N1CCC[C@@H](N)C1. The molecule has 0 aromatic heterocycles. The lowest BCUT2D eigenvalue weighted by Crippen LogP contribution is -2.51. The summed E-state index contributed by atoms with van der Waals surface area (Å²) < 4.78 is 17.8. The predicted molar refractivity (Wildman–Crippen MR) is 110 cm³/mol. The highest BCUT2D eigenvalue weighted by atomic mass is 16.5. The first-order valence-electron chi connectivity index (χ1n) is 10.2. The molecule has 2 N–H and O–H groups in total. The minimum Gasteiger partial charge on any atom is -0.493 e. The van der Waals surface area contributed by atoms with E-state index in [9.17, 15) is 0 Å². The lowest BCUT2D eigenvalue weighted by Gasteiger charge is -2.43. The fourth-order valence-corrected chi connectivity index (χ4v) is 4.62. The van der Waals surface area contributed by atoms with Crippen molar-refractivity contribution >= 4 is 0 Å². The van der Waals surface area contributed by atoms with E-state index in [4.69, 9.17) is 19.9 Å². The number of hydrogen-bond acceptors (Lipinski definition) is 5. The maximum Gasteiger partial charge on any atom is 0.204 e. The summed E-state index contributed by atoms with van der Waals surface area (Å²) in [4.78, 5) is 2.52. The summed E-state index contributed by atoms with van der Waals surface area (Å²) in [6.07, 6.45) is 4.29. The van der Waals surface area contributed by atoms with Gasteiger partial charge in [-0.3, -0.25) is 4.90 Å². The molecule has 28 heavy (non-hydrogen) atoms. The van der Waals surface area contributed by atoms with Crippen molar-refractivity contribution < 1.29 is 14.2 Å². The number of benzene rings is 2. The average molecular weight is 383 g/mol. The van der Waals surface area contributed by atoms with E-state index >= 15 is 0 Å². The highest BCUT2D eigenvalue weighted by molar-refractivity contribution is 5.51. The maximum absolute atomic E-state index is 6.69. The summed E-state index contributed by atoms with van der Waals surface area (Å²) in [6, 6.07) is 14.9. The Morgan fingerprint density at radius 3 is 2.43 bits per heavy atom. The van der Waals surface area contributed by atoms with Crippen LogP contribution >= 0.6 is 0 Å². The molecule has 1 aliphatic carbocycles. The van der Waals surface area contributed by atoms with E-state index < -0.39 is 0 Å². The highest BCUT2D eigenvalue weighted by Gasteiger charge is 2.37. The molecule has 2 aromatic carbocycles. The molecule has 1 fully saturated rings. The second-order valence-corrected chi connectivity index (χ2v) is 7.73. The monoisotopic (exact) mass is 382 g/mol. The van der Waals surface area contributed by atoms with Crippen molar-refractivity contribution in [2.45, 2.75) is 43.9 Å². The van der Waals surface area contributed by atoms with Gasteiger partial charge in [-0.2, -0.15) is 0 Å². The van der Waals surface area contributed by atoms with Crippen molar-refractivity contribution in [2.24, 2.45) is 5.73 Å². The zero-order chi connectivity index (χ0) is 19.5. The lowest BCUT2D eigenvalue weighted by atomic mass is 9.84. The van der Waals surface area contributed by atoms with E-state index in [0.29, 0.717) is 17.2 Å². The molecule has 4 rings (SSSR count). The molecule has 1 aliphatic heterocycles. The van der Waals surface area contributed by atoms with Gasteiger partial charge in [0.2, 0.25) is 5.75 Å². The molecular weight excluding hydrogens is 352 g/mol. The molecule has 5 heteroatoms. The molecule has 1 saturated heterocycles. The normalized spacial score (nSPS) is 25.0. The number of rotatable bonds is 5. The van der Waals surface area contributed by atoms with Crippen LogP contribution in [0.25, 0.3) is 0 Å². The van der Waals surface area contributed by atoms with Crippen molar-refractivity contribution in [2.75, 3.05) is 27.3 Å². The van der Waals surface area contributed by atoms with E-state index in [-0.39, 0.29) is 18.2 Å². The Balaban J connectivity index is 1.72. The Labute approximate surface area is 167 Å². The van der Waals surface area contributed by atoms with Crippen LogP contribution < -0.4 is 19.9 Å². The molecule has 2 aromatic rings. The summed E-state index contributed by atoms with van der Waals surface area (Å²) in [5.41, 5.74) is 8.91. The fourth-order valence-electron chi connectivity index (χ4n) is 4.62. The third kappa shape index (κ3) is 3.69. The van der Waals surface area contributed by atoms with Crippen LogP contribution in [0, 0.1) is 0 Å². The zero-order valence-corrected chi connectivity index (χ0v) is 16.8. The van der Waals surface area contributed by atoms with Gasteiger partial charge in [-0.25, -0.2) is 0 Å².